The molecule has 22 heavy (non-hydrogen) atoms. The number of rotatable bonds is 3. The van der Waals surface area contributed by atoms with E-state index >= 15 is 0 Å². The number of amides is 1. The maximum absolute atomic E-state index is 13.0. The zero-order chi connectivity index (χ0) is 15.5. The summed E-state index contributed by atoms with van der Waals surface area (Å²) < 4.78 is 26.9. The second-order valence-electron chi connectivity index (χ2n) is 4.47. The van der Waals surface area contributed by atoms with Crippen molar-refractivity contribution in [2.45, 2.75) is 0 Å². The highest BCUT2D eigenvalue weighted by molar-refractivity contribution is 7.19. The Morgan fingerprint density at radius 2 is 1.95 bits per heavy atom. The van der Waals surface area contributed by atoms with Crippen molar-refractivity contribution in [3.8, 4) is 0 Å². The predicted molar refractivity (Wildman–Crippen MR) is 83.6 cm³/mol. The van der Waals surface area contributed by atoms with E-state index < -0.39 is 17.5 Å². The lowest BCUT2D eigenvalue weighted by atomic mass is 10.3. The van der Waals surface area contributed by atoms with Crippen LogP contribution in [0.25, 0.3) is 16.3 Å². The Labute approximate surface area is 128 Å². The third-order valence-electron chi connectivity index (χ3n) is 2.87. The van der Waals surface area contributed by atoms with Gasteiger partial charge in [0.05, 0.1) is 10.2 Å². The van der Waals surface area contributed by atoms with Crippen molar-refractivity contribution in [2.24, 2.45) is 0 Å². The summed E-state index contributed by atoms with van der Waals surface area (Å²) in [5, 5.41) is 3.15. The van der Waals surface area contributed by atoms with Crippen LogP contribution in [-0.4, -0.2) is 10.9 Å². The highest BCUT2D eigenvalue weighted by Gasteiger charge is 2.05. The molecule has 1 amide bonds. The molecule has 3 nitrogen and oxygen atoms in total. The van der Waals surface area contributed by atoms with E-state index in [0.29, 0.717) is 5.01 Å². The van der Waals surface area contributed by atoms with E-state index in [1.54, 1.807) is 6.08 Å². The van der Waals surface area contributed by atoms with Crippen LogP contribution in [-0.2, 0) is 4.79 Å². The first-order valence-electron chi connectivity index (χ1n) is 6.41. The molecule has 0 saturated heterocycles. The van der Waals surface area contributed by atoms with Gasteiger partial charge in [-0.05, 0) is 30.3 Å². The molecule has 0 spiro atoms. The van der Waals surface area contributed by atoms with Crippen molar-refractivity contribution < 1.29 is 13.6 Å². The second kappa shape index (κ2) is 6.03. The van der Waals surface area contributed by atoms with E-state index in [9.17, 15) is 13.6 Å². The van der Waals surface area contributed by atoms with Gasteiger partial charge in [0.1, 0.15) is 5.01 Å². The number of nitrogens with one attached hydrogen (secondary N) is 1. The van der Waals surface area contributed by atoms with Crippen molar-refractivity contribution in [1.82, 2.24) is 4.98 Å². The molecule has 0 aliphatic rings. The molecule has 3 rings (SSSR count). The summed E-state index contributed by atoms with van der Waals surface area (Å²) in [4.78, 5) is 16.1. The van der Waals surface area contributed by atoms with Crippen molar-refractivity contribution in [2.75, 3.05) is 5.32 Å². The molecule has 0 atom stereocenters. The average molecular weight is 316 g/mol. The fraction of sp³-hybridized carbons (Fsp3) is 0. The highest BCUT2D eigenvalue weighted by Crippen LogP contribution is 2.22. The summed E-state index contributed by atoms with van der Waals surface area (Å²) in [6.07, 6.45) is 2.89. The third kappa shape index (κ3) is 3.17. The van der Waals surface area contributed by atoms with Crippen LogP contribution < -0.4 is 5.32 Å². The SMILES string of the molecule is O=C(/C=C/c1nc2ccccc2s1)Nc1ccc(F)c(F)c1. The molecule has 0 fully saturated rings. The van der Waals surface area contributed by atoms with Gasteiger partial charge < -0.3 is 5.32 Å². The lowest BCUT2D eigenvalue weighted by molar-refractivity contribution is -0.111. The van der Waals surface area contributed by atoms with E-state index in [1.165, 1.54) is 23.5 Å². The molecule has 0 bridgehead atoms. The van der Waals surface area contributed by atoms with Crippen LogP contribution in [0.3, 0.4) is 0 Å². The maximum atomic E-state index is 13.0. The van der Waals surface area contributed by atoms with Crippen LogP contribution in [0.15, 0.2) is 48.5 Å². The standard InChI is InChI=1S/C16H10F2N2OS/c17-11-6-5-10(9-12(11)18)19-15(21)7-8-16-20-13-3-1-2-4-14(13)22-16/h1-9H,(H,19,21)/b8-7+. The molecule has 3 aromatic rings. The topological polar surface area (TPSA) is 42.0 Å². The van der Waals surface area contributed by atoms with Crippen LogP contribution >= 0.6 is 11.3 Å². The van der Waals surface area contributed by atoms with Gasteiger partial charge in [0.25, 0.3) is 0 Å². The van der Waals surface area contributed by atoms with Gasteiger partial charge >= 0.3 is 0 Å². The normalized spacial score (nSPS) is 11.2. The summed E-state index contributed by atoms with van der Waals surface area (Å²) in [6.45, 7) is 0. The summed E-state index contributed by atoms with van der Waals surface area (Å²) in [5.74, 6) is -2.40. The molecular weight excluding hydrogens is 306 g/mol. The number of fused-ring (bicyclic) bond motifs is 1. The minimum absolute atomic E-state index is 0.192. The van der Waals surface area contributed by atoms with Crippen LogP contribution in [0.2, 0.25) is 0 Å². The zero-order valence-corrected chi connectivity index (χ0v) is 12.0. The van der Waals surface area contributed by atoms with Gasteiger partial charge in [-0.15, -0.1) is 11.3 Å². The number of nitrogens with zero attached hydrogens (tertiary/aromatic N) is 1. The number of hydrogen-bond acceptors (Lipinski definition) is 3. The minimum atomic E-state index is -1.01. The number of hydrogen-bond donors (Lipinski definition) is 1. The molecular formula is C16H10F2N2OS. The van der Waals surface area contributed by atoms with Crippen LogP contribution in [0.1, 0.15) is 5.01 Å². The Balaban J connectivity index is 1.71. The van der Waals surface area contributed by atoms with Crippen molar-refractivity contribution >= 4 is 39.2 Å². The first-order chi connectivity index (χ1) is 10.6. The van der Waals surface area contributed by atoms with Gasteiger partial charge in [-0.25, -0.2) is 13.8 Å². The molecule has 0 aliphatic carbocycles. The minimum Gasteiger partial charge on any atom is -0.322 e. The second-order valence-corrected chi connectivity index (χ2v) is 5.53. The number of para-hydroxylation sites is 1. The van der Waals surface area contributed by atoms with Crippen molar-refractivity contribution in [1.29, 1.82) is 0 Å². The Morgan fingerprint density at radius 1 is 1.14 bits per heavy atom. The quantitative estimate of drug-likeness (QED) is 0.735. The lowest BCUT2D eigenvalue weighted by Gasteiger charge is -2.02. The van der Waals surface area contributed by atoms with Crippen LogP contribution in [0.5, 0.6) is 0 Å². The lowest BCUT2D eigenvalue weighted by Crippen LogP contribution is -2.08. The molecule has 1 aromatic heterocycles. The monoisotopic (exact) mass is 316 g/mol. The van der Waals surface area contributed by atoms with Gasteiger partial charge in [-0.1, -0.05) is 12.1 Å². The maximum Gasteiger partial charge on any atom is 0.248 e. The summed E-state index contributed by atoms with van der Waals surface area (Å²) >= 11 is 1.46. The molecule has 0 radical (unpaired) electrons. The van der Waals surface area contributed by atoms with E-state index in [1.807, 2.05) is 24.3 Å². The number of carbonyl (C=O) groups is 1. The number of anilines is 1. The molecule has 0 aliphatic heterocycles. The number of carbonyl (C=O) groups excluding carboxylic acids is 1. The van der Waals surface area contributed by atoms with Gasteiger partial charge in [0, 0.05) is 17.8 Å². The van der Waals surface area contributed by atoms with Crippen molar-refractivity contribution in [3.05, 3.63) is 65.2 Å². The Kier molecular flexibility index (Phi) is 3.93. The number of halogens is 2. The average Bonchev–Trinajstić information content (AvgIpc) is 2.92. The smallest absolute Gasteiger partial charge is 0.248 e. The number of benzene rings is 2. The molecule has 2 aromatic carbocycles. The predicted octanol–water partition coefficient (Wildman–Crippen LogP) is 4.23. The fourth-order valence-corrected chi connectivity index (χ4v) is 2.74. The highest BCUT2D eigenvalue weighted by atomic mass is 32.1. The van der Waals surface area contributed by atoms with Gasteiger partial charge in [-0.2, -0.15) is 0 Å². The number of thiazole rings is 1. The summed E-state index contributed by atoms with van der Waals surface area (Å²) in [5.41, 5.74) is 1.06. The Bertz CT molecular complexity index is 840. The van der Waals surface area contributed by atoms with E-state index in [0.717, 1.165) is 22.3 Å². The van der Waals surface area contributed by atoms with E-state index in [-0.39, 0.29) is 5.69 Å². The van der Waals surface area contributed by atoms with Gasteiger partial charge in [0.15, 0.2) is 11.6 Å². The van der Waals surface area contributed by atoms with E-state index in [4.69, 9.17) is 0 Å². The summed E-state index contributed by atoms with van der Waals surface area (Å²) in [7, 11) is 0. The molecule has 0 unspecified atom stereocenters. The molecule has 1 N–H and O–H groups in total. The summed E-state index contributed by atoms with van der Waals surface area (Å²) in [6, 6.07) is 10.8. The molecule has 1 heterocycles. The Morgan fingerprint density at radius 3 is 2.73 bits per heavy atom. The first-order valence-corrected chi connectivity index (χ1v) is 7.23. The molecule has 110 valence electrons. The molecule has 0 saturated carbocycles. The van der Waals surface area contributed by atoms with Gasteiger partial charge in [0.2, 0.25) is 5.91 Å². The zero-order valence-electron chi connectivity index (χ0n) is 11.2. The molecule has 6 heteroatoms. The first kappa shape index (κ1) is 14.3. The van der Waals surface area contributed by atoms with Gasteiger partial charge in [-0.3, -0.25) is 4.79 Å². The van der Waals surface area contributed by atoms with Crippen LogP contribution in [0, 0.1) is 11.6 Å². The third-order valence-corrected chi connectivity index (χ3v) is 3.88. The van der Waals surface area contributed by atoms with Crippen LogP contribution in [0.4, 0.5) is 14.5 Å². The Hall–Kier alpha value is -2.60. The number of aromatic nitrogens is 1. The van der Waals surface area contributed by atoms with E-state index in [2.05, 4.69) is 10.3 Å². The largest absolute Gasteiger partial charge is 0.322 e. The fourth-order valence-electron chi connectivity index (χ4n) is 1.87. The van der Waals surface area contributed by atoms with Crippen molar-refractivity contribution in [3.63, 3.8) is 0 Å².